The van der Waals surface area contributed by atoms with Crippen LogP contribution >= 0.6 is 0 Å². The number of rotatable bonds is 1. The molecule has 0 atom stereocenters. The van der Waals surface area contributed by atoms with Crippen LogP contribution in [0.5, 0.6) is 0 Å². The van der Waals surface area contributed by atoms with Crippen LogP contribution in [0.2, 0.25) is 0 Å². The van der Waals surface area contributed by atoms with Gasteiger partial charge in [-0.1, -0.05) is 30.3 Å². The largest absolute Gasteiger partial charge is 0.393 e. The molecule has 3 aromatic rings. The van der Waals surface area contributed by atoms with E-state index in [0.29, 0.717) is 23.0 Å². The summed E-state index contributed by atoms with van der Waals surface area (Å²) in [6, 6.07) is 9.69. The lowest BCUT2D eigenvalue weighted by atomic mass is 10.2. The summed E-state index contributed by atoms with van der Waals surface area (Å²) in [5.74, 6) is 1.01. The molecular weight excluding hydrogens is 204 g/mol. The van der Waals surface area contributed by atoms with Crippen molar-refractivity contribution in [2.24, 2.45) is 0 Å². The van der Waals surface area contributed by atoms with E-state index in [9.17, 15) is 0 Å². The lowest BCUT2D eigenvalue weighted by Crippen LogP contribution is -1.93. The third-order valence-electron chi connectivity index (χ3n) is 2.40. The van der Waals surface area contributed by atoms with Gasteiger partial charge >= 0.3 is 0 Å². The van der Waals surface area contributed by atoms with Crippen LogP contribution < -0.4 is 11.5 Å². The van der Waals surface area contributed by atoms with Gasteiger partial charge in [0.25, 0.3) is 0 Å². The van der Waals surface area contributed by atoms with Gasteiger partial charge < -0.3 is 11.5 Å². The van der Waals surface area contributed by atoms with E-state index in [4.69, 9.17) is 11.5 Å². The molecule has 0 saturated carbocycles. The number of benzene rings is 1. The number of hydrogen-bond donors (Lipinski definition) is 3. The van der Waals surface area contributed by atoms with Crippen LogP contribution in [-0.4, -0.2) is 19.8 Å². The number of hydrogen-bond acceptors (Lipinski definition) is 4. The second-order valence-electron chi connectivity index (χ2n) is 3.48. The number of nitrogens with zero attached hydrogens (tertiary/aromatic N) is 3. The minimum absolute atomic E-state index is 0.384. The van der Waals surface area contributed by atoms with E-state index < -0.39 is 0 Å². The molecule has 0 bridgehead atoms. The molecule has 0 radical (unpaired) electrons. The predicted molar refractivity (Wildman–Crippen MR) is 61.6 cm³/mol. The van der Waals surface area contributed by atoms with Crippen LogP contribution in [-0.2, 0) is 0 Å². The summed E-state index contributed by atoms with van der Waals surface area (Å²) in [6.45, 7) is 0. The third-order valence-corrected chi connectivity index (χ3v) is 2.40. The van der Waals surface area contributed by atoms with Crippen molar-refractivity contribution >= 4 is 17.2 Å². The first kappa shape index (κ1) is 8.78. The van der Waals surface area contributed by atoms with Crippen molar-refractivity contribution < 1.29 is 0 Å². The van der Waals surface area contributed by atoms with E-state index >= 15 is 0 Å². The van der Waals surface area contributed by atoms with E-state index in [1.165, 1.54) is 4.63 Å². The molecule has 80 valence electrons. The Balaban J connectivity index is 2.20. The Morgan fingerprint density at radius 3 is 2.56 bits per heavy atom. The first-order chi connectivity index (χ1) is 7.75. The minimum Gasteiger partial charge on any atom is -0.393 e. The normalized spacial score (nSPS) is 11.0. The van der Waals surface area contributed by atoms with Gasteiger partial charge in [-0.05, 0) is 0 Å². The Morgan fingerprint density at radius 2 is 1.88 bits per heavy atom. The molecule has 6 heteroatoms. The van der Waals surface area contributed by atoms with Gasteiger partial charge in [0, 0.05) is 5.56 Å². The summed E-state index contributed by atoms with van der Waals surface area (Å²) < 4.78 is 1.48. The Labute approximate surface area is 90.9 Å². The van der Waals surface area contributed by atoms with Crippen molar-refractivity contribution in [3.05, 3.63) is 30.3 Å². The predicted octanol–water partition coefficient (Wildman–Crippen LogP) is 0.889. The van der Waals surface area contributed by atoms with Gasteiger partial charge in [-0.3, -0.25) is 5.10 Å². The first-order valence-corrected chi connectivity index (χ1v) is 4.81. The molecule has 2 heterocycles. The molecule has 16 heavy (non-hydrogen) atoms. The zero-order chi connectivity index (χ0) is 11.1. The molecule has 0 aliphatic rings. The number of fused-ring (bicyclic) bond motifs is 1. The van der Waals surface area contributed by atoms with Crippen molar-refractivity contribution in [2.45, 2.75) is 0 Å². The summed E-state index contributed by atoms with van der Waals surface area (Å²) >= 11 is 0. The zero-order valence-corrected chi connectivity index (χ0v) is 8.38. The molecule has 0 saturated heterocycles. The lowest BCUT2D eigenvalue weighted by Gasteiger charge is -1.92. The van der Waals surface area contributed by atoms with Gasteiger partial charge in [-0.15, -0.1) is 9.73 Å². The highest BCUT2D eigenvalue weighted by Crippen LogP contribution is 2.21. The fourth-order valence-electron chi connectivity index (χ4n) is 1.57. The second kappa shape index (κ2) is 2.99. The van der Waals surface area contributed by atoms with Crippen molar-refractivity contribution in [3.8, 4) is 11.4 Å². The molecule has 6 nitrogen and oxygen atoms in total. The van der Waals surface area contributed by atoms with Gasteiger partial charge in [0.1, 0.15) is 11.5 Å². The van der Waals surface area contributed by atoms with Gasteiger partial charge in [0.15, 0.2) is 5.82 Å². The number of anilines is 2. The third kappa shape index (κ3) is 1.13. The van der Waals surface area contributed by atoms with Gasteiger partial charge in [0.2, 0.25) is 5.65 Å². The molecular formula is C10H10N6. The Morgan fingerprint density at radius 1 is 1.12 bits per heavy atom. The molecule has 0 fully saturated rings. The van der Waals surface area contributed by atoms with E-state index in [1.807, 2.05) is 30.3 Å². The smallest absolute Gasteiger partial charge is 0.201 e. The molecule has 0 aliphatic carbocycles. The number of aromatic amines is 1. The van der Waals surface area contributed by atoms with E-state index in [0.717, 1.165) is 5.56 Å². The van der Waals surface area contributed by atoms with Crippen molar-refractivity contribution in [1.29, 1.82) is 0 Å². The summed E-state index contributed by atoms with van der Waals surface area (Å²) in [4.78, 5) is 4.32. The number of nitrogen functional groups attached to an aromatic ring is 2. The molecule has 5 N–H and O–H groups in total. The molecule has 2 aromatic heterocycles. The van der Waals surface area contributed by atoms with Crippen LogP contribution in [0.4, 0.5) is 11.5 Å². The van der Waals surface area contributed by atoms with E-state index in [-0.39, 0.29) is 0 Å². The maximum atomic E-state index is 5.75. The maximum Gasteiger partial charge on any atom is 0.201 e. The van der Waals surface area contributed by atoms with Crippen LogP contribution in [0.3, 0.4) is 0 Å². The summed E-state index contributed by atoms with van der Waals surface area (Å²) in [5.41, 5.74) is 13.3. The van der Waals surface area contributed by atoms with E-state index in [2.05, 4.69) is 15.2 Å². The highest BCUT2D eigenvalue weighted by molar-refractivity contribution is 5.77. The monoisotopic (exact) mass is 214 g/mol. The van der Waals surface area contributed by atoms with Crippen molar-refractivity contribution in [1.82, 2.24) is 19.8 Å². The average Bonchev–Trinajstić information content (AvgIpc) is 2.82. The quantitative estimate of drug-likeness (QED) is 0.560. The van der Waals surface area contributed by atoms with Gasteiger partial charge in [0.05, 0.1) is 0 Å². The molecule has 1 aromatic carbocycles. The van der Waals surface area contributed by atoms with Crippen molar-refractivity contribution in [3.63, 3.8) is 0 Å². The SMILES string of the molecule is Nc1[nH]n2nc(-c3ccccc3)nc2c1N. The Kier molecular flexibility index (Phi) is 1.64. The molecule has 3 rings (SSSR count). The maximum absolute atomic E-state index is 5.75. The number of H-pyrrole nitrogens is 1. The van der Waals surface area contributed by atoms with E-state index in [1.54, 1.807) is 0 Å². The zero-order valence-electron chi connectivity index (χ0n) is 8.38. The fourth-order valence-corrected chi connectivity index (χ4v) is 1.57. The molecule has 0 unspecified atom stereocenters. The van der Waals surface area contributed by atoms with Gasteiger partial charge in [-0.2, -0.15) is 0 Å². The van der Waals surface area contributed by atoms with Crippen molar-refractivity contribution in [2.75, 3.05) is 11.5 Å². The van der Waals surface area contributed by atoms with Gasteiger partial charge in [-0.25, -0.2) is 4.98 Å². The minimum atomic E-state index is 0.384. The average molecular weight is 214 g/mol. The highest BCUT2D eigenvalue weighted by Gasteiger charge is 2.12. The first-order valence-electron chi connectivity index (χ1n) is 4.81. The molecule has 0 aliphatic heterocycles. The summed E-state index contributed by atoms with van der Waals surface area (Å²) in [5, 5.41) is 7.07. The Hall–Kier alpha value is -2.50. The molecule has 0 spiro atoms. The molecule has 0 amide bonds. The fraction of sp³-hybridized carbons (Fsp3) is 0. The summed E-state index contributed by atoms with van der Waals surface area (Å²) in [7, 11) is 0. The van der Waals surface area contributed by atoms with Crippen LogP contribution in [0.25, 0.3) is 17.0 Å². The topological polar surface area (TPSA) is 98.0 Å². The number of nitrogens with one attached hydrogen (secondary N) is 1. The number of nitrogens with two attached hydrogens (primary N) is 2. The second-order valence-corrected chi connectivity index (χ2v) is 3.48. The highest BCUT2D eigenvalue weighted by atomic mass is 15.5. The standard InChI is InChI=1S/C10H10N6/c11-7-8(12)14-16-10(7)13-9(15-16)6-4-2-1-3-5-6/h1-5,14H,11-12H2. The lowest BCUT2D eigenvalue weighted by molar-refractivity contribution is 0.830. The number of aromatic nitrogens is 4. The van der Waals surface area contributed by atoms with Crippen LogP contribution in [0.1, 0.15) is 0 Å². The summed E-state index contributed by atoms with van der Waals surface area (Å²) in [6.07, 6.45) is 0. The Bertz CT molecular complexity index is 636. The van der Waals surface area contributed by atoms with Crippen LogP contribution in [0.15, 0.2) is 30.3 Å². The van der Waals surface area contributed by atoms with Crippen LogP contribution in [0, 0.1) is 0 Å².